The molecule has 16 rings (SSSR count). The monoisotopic (exact) mass is 1420 g/mol. The van der Waals surface area contributed by atoms with Gasteiger partial charge in [-0.3, -0.25) is 0 Å². The Morgan fingerprint density at radius 1 is 0.225 bits per heavy atom. The topological polar surface area (TPSA) is 27.7 Å². The lowest BCUT2D eigenvalue weighted by atomic mass is 10.1. The quantitative estimate of drug-likeness (QED) is 0.0612. The van der Waals surface area contributed by atoms with Crippen LogP contribution in [-0.4, -0.2) is 56.2 Å². The summed E-state index contributed by atoms with van der Waals surface area (Å²) in [5, 5.41) is 11.3. The number of methoxy groups -OCH3 is 3. The van der Waals surface area contributed by atoms with Crippen LogP contribution in [0.5, 0.6) is 17.2 Å². The minimum Gasteiger partial charge on any atom is -0.497 e. The lowest BCUT2D eigenvalue weighted by molar-refractivity contribution is 0.414. The van der Waals surface area contributed by atoms with Gasteiger partial charge in [-0.1, -0.05) is 302 Å². The third kappa shape index (κ3) is 17.5. The predicted octanol–water partition coefficient (Wildman–Crippen LogP) is 18.8. The fraction of sp³-hybridized carbons (Fsp3) is 0.106. The molecule has 508 valence electrons. The van der Waals surface area contributed by atoms with E-state index < -0.39 is 16.1 Å². The van der Waals surface area contributed by atoms with Crippen molar-refractivity contribution in [3.8, 4) is 39.5 Å². The Bertz CT molecular complexity index is 4360. The van der Waals surface area contributed by atoms with E-state index >= 15 is 0 Å². The van der Waals surface area contributed by atoms with E-state index in [9.17, 15) is 0 Å². The van der Waals surface area contributed by atoms with Gasteiger partial charge in [0.1, 0.15) is 17.2 Å². The number of thioether (sulfide) groups is 3. The van der Waals surface area contributed by atoms with Crippen LogP contribution in [0.15, 0.2) is 379 Å². The third-order valence-electron chi connectivity index (χ3n) is 18.8. The molecular weight excluding hydrogens is 1330 g/mol. The molecule has 102 heavy (non-hydrogen) atoms. The molecule has 0 saturated heterocycles. The summed E-state index contributed by atoms with van der Waals surface area (Å²) >= 11 is 5.36. The molecule has 0 radical (unpaired) electrons. The average molecular weight is 1420 g/mol. The number of aryl methyl sites for hydroxylation is 2. The Kier molecular flexibility index (Phi) is 26.2. The minimum atomic E-state index is -2.52. The summed E-state index contributed by atoms with van der Waals surface area (Å²) in [5.74, 6) is 2.74. The maximum Gasteiger partial charge on any atom is 0.179 e. The molecule has 2 aliphatic rings. The third-order valence-corrected chi connectivity index (χ3v) is 30.5. The number of fused-ring (bicyclic) bond motifs is 6. The Hall–Kier alpha value is -10.0. The second-order valence-corrected chi connectivity index (χ2v) is 35.2. The molecule has 0 bridgehead atoms. The highest BCUT2D eigenvalue weighted by Crippen LogP contribution is 2.40. The predicted molar refractivity (Wildman–Crippen MR) is 447 cm³/mol. The van der Waals surface area contributed by atoms with Crippen molar-refractivity contribution in [3.63, 3.8) is 0 Å². The molecule has 2 aliphatic carbocycles. The standard InChI is InChI=1S/C32H26OSi.C32H26SSi.C8H10O.C8H10S.C7H8O.C7H8S/c2*1-33-26-19-17-24-21-25-18-20-30(23-32(25)31(24)22-26)34(27-11-5-2-6-12-27,28-13-7-3-8-14-28)29-15-9-4-10-16-29;2*1-7-3-5-8(9-2)6-4-7;2*1-8-7-5-3-2-4-6-7/h2*2-20,22-23H,21H2,1H3;2*3-6H,1-2H3;2*2-6H,1H3. The smallest absolute Gasteiger partial charge is 0.179 e. The maximum atomic E-state index is 5.57. The molecule has 0 heterocycles. The van der Waals surface area contributed by atoms with Gasteiger partial charge in [-0.05, 0) is 204 Å². The molecule has 14 aromatic rings. The van der Waals surface area contributed by atoms with Crippen molar-refractivity contribution in [2.75, 3.05) is 40.1 Å². The van der Waals surface area contributed by atoms with Gasteiger partial charge in [0.05, 0.1) is 21.3 Å². The molecule has 0 spiro atoms. The van der Waals surface area contributed by atoms with Crippen molar-refractivity contribution >= 4 is 92.9 Å². The summed E-state index contributed by atoms with van der Waals surface area (Å²) in [4.78, 5) is 3.99. The summed E-state index contributed by atoms with van der Waals surface area (Å²) in [6, 6.07) is 131. The van der Waals surface area contributed by atoms with Gasteiger partial charge >= 0.3 is 0 Å². The van der Waals surface area contributed by atoms with E-state index in [0.717, 1.165) is 30.1 Å². The molecule has 14 aromatic carbocycles. The Morgan fingerprint density at radius 3 is 0.804 bits per heavy atom. The van der Waals surface area contributed by atoms with Crippen molar-refractivity contribution in [3.05, 3.63) is 397 Å². The Labute approximate surface area is 620 Å². The zero-order valence-corrected chi connectivity index (χ0v) is 64.0. The number of rotatable bonds is 14. The van der Waals surface area contributed by atoms with Gasteiger partial charge in [-0.2, -0.15) is 0 Å². The molecule has 0 atom stereocenters. The lowest BCUT2D eigenvalue weighted by Crippen LogP contribution is -2.74. The van der Waals surface area contributed by atoms with E-state index in [1.165, 1.54) is 112 Å². The van der Waals surface area contributed by atoms with Gasteiger partial charge < -0.3 is 14.2 Å². The minimum absolute atomic E-state index is 0.910. The molecule has 0 saturated carbocycles. The lowest BCUT2D eigenvalue weighted by Gasteiger charge is -2.34. The largest absolute Gasteiger partial charge is 0.497 e. The van der Waals surface area contributed by atoms with Crippen LogP contribution < -0.4 is 55.7 Å². The highest BCUT2D eigenvalue weighted by atomic mass is 32.2. The zero-order valence-electron chi connectivity index (χ0n) is 59.5. The first-order valence-corrected chi connectivity index (χ1v) is 42.1. The highest BCUT2D eigenvalue weighted by Gasteiger charge is 2.43. The molecule has 0 N–H and O–H groups in total. The summed E-state index contributed by atoms with van der Waals surface area (Å²) in [6.45, 7) is 4.16. The molecule has 8 heteroatoms. The van der Waals surface area contributed by atoms with E-state index in [2.05, 4.69) is 324 Å². The van der Waals surface area contributed by atoms with Crippen LogP contribution >= 0.6 is 35.3 Å². The molecule has 0 unspecified atom stereocenters. The number of ether oxygens (including phenoxy) is 3. The van der Waals surface area contributed by atoms with Crippen LogP contribution in [-0.2, 0) is 12.8 Å². The van der Waals surface area contributed by atoms with Gasteiger partial charge in [0.25, 0.3) is 0 Å². The molecule has 0 aromatic heterocycles. The van der Waals surface area contributed by atoms with Crippen molar-refractivity contribution in [2.24, 2.45) is 0 Å². The van der Waals surface area contributed by atoms with Crippen LogP contribution in [0.1, 0.15) is 33.4 Å². The van der Waals surface area contributed by atoms with E-state index in [-0.39, 0.29) is 0 Å². The molecule has 3 nitrogen and oxygen atoms in total. The van der Waals surface area contributed by atoms with Crippen LogP contribution in [0.4, 0.5) is 0 Å². The number of hydrogen-bond acceptors (Lipinski definition) is 6. The van der Waals surface area contributed by atoms with Crippen molar-refractivity contribution < 1.29 is 14.2 Å². The first kappa shape index (κ1) is 73.2. The molecule has 0 amide bonds. The average Bonchev–Trinajstić information content (AvgIpc) is 1.10. The zero-order chi connectivity index (χ0) is 70.9. The number of benzene rings is 14. The van der Waals surface area contributed by atoms with Gasteiger partial charge in [0.2, 0.25) is 0 Å². The molecule has 0 aliphatic heterocycles. The van der Waals surface area contributed by atoms with E-state index in [1.807, 2.05) is 84.6 Å². The van der Waals surface area contributed by atoms with Gasteiger partial charge in [0.15, 0.2) is 16.1 Å². The highest BCUT2D eigenvalue weighted by molar-refractivity contribution is 7.99. The Balaban J connectivity index is 0.000000141. The normalized spacial score (nSPS) is 11.2. The number of para-hydroxylation sites is 1. The fourth-order valence-electron chi connectivity index (χ4n) is 13.6. The van der Waals surface area contributed by atoms with Crippen molar-refractivity contribution in [1.29, 1.82) is 0 Å². The van der Waals surface area contributed by atoms with Crippen LogP contribution in [0.25, 0.3) is 22.3 Å². The number of hydrogen-bond donors (Lipinski definition) is 0. The first-order valence-electron chi connectivity index (χ1n) is 34.5. The van der Waals surface area contributed by atoms with Gasteiger partial charge in [0, 0.05) is 14.7 Å². The second kappa shape index (κ2) is 36.5. The maximum absolute atomic E-state index is 5.57. The van der Waals surface area contributed by atoms with Gasteiger partial charge in [-0.25, -0.2) is 0 Å². The first-order chi connectivity index (χ1) is 50.1. The molecular formula is C94H88O3S3Si2. The Morgan fingerprint density at radius 2 is 0.480 bits per heavy atom. The summed E-state index contributed by atoms with van der Waals surface area (Å²) in [6.07, 6.45) is 8.33. The van der Waals surface area contributed by atoms with Crippen LogP contribution in [0, 0.1) is 13.8 Å². The van der Waals surface area contributed by atoms with E-state index in [1.54, 1.807) is 44.9 Å². The SMILES string of the molecule is COc1ccc(C)cc1.COc1ccc2c(c1)-c1cc([Si](c3ccccc3)(c3ccccc3)c3ccccc3)ccc1C2.COc1ccccc1.CSc1ccc(C)cc1.CSc1ccc2c(c1)-c1cc([Si](c3ccccc3)(c3ccccc3)c3ccccc3)ccc1C2.CSc1ccccc1. The van der Waals surface area contributed by atoms with E-state index in [4.69, 9.17) is 14.2 Å². The van der Waals surface area contributed by atoms with E-state index in [0.29, 0.717) is 0 Å². The molecule has 0 fully saturated rings. The van der Waals surface area contributed by atoms with Crippen LogP contribution in [0.2, 0.25) is 0 Å². The second-order valence-electron chi connectivity index (χ2n) is 24.9. The van der Waals surface area contributed by atoms with Crippen LogP contribution in [0.3, 0.4) is 0 Å². The van der Waals surface area contributed by atoms with Gasteiger partial charge in [-0.15, -0.1) is 35.3 Å². The fourth-order valence-corrected chi connectivity index (χ4v) is 24.4. The summed E-state index contributed by atoms with van der Waals surface area (Å²) in [7, 11) is 0.0673. The summed E-state index contributed by atoms with van der Waals surface area (Å²) < 4.78 is 15.5. The summed E-state index contributed by atoms with van der Waals surface area (Å²) in [5.41, 5.74) is 13.7. The van der Waals surface area contributed by atoms with Crippen molar-refractivity contribution in [2.45, 2.75) is 41.4 Å². The van der Waals surface area contributed by atoms with Crippen molar-refractivity contribution in [1.82, 2.24) is 0 Å².